The number of carbonyl (C=O) groups is 2. The lowest BCUT2D eigenvalue weighted by Crippen LogP contribution is -2.53. The topological polar surface area (TPSA) is 65.1 Å². The first kappa shape index (κ1) is 22.4. The molecule has 0 aromatic heterocycles. The van der Waals surface area contributed by atoms with Gasteiger partial charge in [-0.2, -0.15) is 13.2 Å². The third-order valence-electron chi connectivity index (χ3n) is 5.52. The van der Waals surface area contributed by atoms with Gasteiger partial charge in [-0.25, -0.2) is 9.59 Å². The molecule has 30 heavy (non-hydrogen) atoms. The lowest BCUT2D eigenvalue weighted by molar-refractivity contribution is -0.278. The van der Waals surface area contributed by atoms with Crippen molar-refractivity contribution >= 4 is 12.1 Å². The number of carbonyl (C=O) groups excluding carboxylic acids is 2. The second-order valence-electron chi connectivity index (χ2n) is 8.61. The van der Waals surface area contributed by atoms with Crippen LogP contribution in [-0.2, 0) is 24.6 Å². The van der Waals surface area contributed by atoms with Gasteiger partial charge in [-0.1, -0.05) is 30.3 Å². The van der Waals surface area contributed by atoms with Crippen molar-refractivity contribution in [2.24, 2.45) is 0 Å². The van der Waals surface area contributed by atoms with Crippen molar-refractivity contribution in [2.75, 3.05) is 7.11 Å². The molecule has 2 aliphatic rings. The molecular weight excluding hydrogens is 403 g/mol. The summed E-state index contributed by atoms with van der Waals surface area (Å²) in [6, 6.07) is 5.92. The zero-order valence-electron chi connectivity index (χ0n) is 17.4. The largest absolute Gasteiger partial charge is 0.457 e. The molecule has 1 aromatic rings. The average molecular weight is 429 g/mol. The summed E-state index contributed by atoms with van der Waals surface area (Å²) in [5.41, 5.74) is -4.32. The van der Waals surface area contributed by atoms with E-state index >= 15 is 0 Å². The molecule has 1 amide bonds. The first-order chi connectivity index (χ1) is 13.9. The molecule has 0 saturated carbocycles. The summed E-state index contributed by atoms with van der Waals surface area (Å²) in [7, 11) is 0.829. The normalized spacial score (nSPS) is 25.7. The Morgan fingerprint density at radius 1 is 1.07 bits per heavy atom. The Kier molecular flexibility index (Phi) is 5.79. The van der Waals surface area contributed by atoms with E-state index in [0.717, 1.165) is 7.11 Å². The van der Waals surface area contributed by atoms with E-state index in [0.29, 0.717) is 12.8 Å². The molecule has 2 saturated heterocycles. The molecule has 0 radical (unpaired) electrons. The van der Waals surface area contributed by atoms with E-state index < -0.39 is 41.6 Å². The number of fused-ring (bicyclic) bond motifs is 2. The van der Waals surface area contributed by atoms with Gasteiger partial charge >= 0.3 is 18.2 Å². The van der Waals surface area contributed by atoms with Gasteiger partial charge < -0.3 is 14.2 Å². The zero-order valence-corrected chi connectivity index (χ0v) is 17.4. The van der Waals surface area contributed by atoms with Crippen molar-refractivity contribution in [2.45, 2.75) is 75.6 Å². The van der Waals surface area contributed by atoms with Crippen molar-refractivity contribution in [3.63, 3.8) is 0 Å². The van der Waals surface area contributed by atoms with Gasteiger partial charge in [0.2, 0.25) is 0 Å². The number of hydrogen-bond donors (Lipinski definition) is 0. The van der Waals surface area contributed by atoms with Crippen LogP contribution in [0.4, 0.5) is 18.0 Å². The SMILES string of the molecule is CO[C@@](C(=O)O[C@H]1C[C@@H]2CC[C@H]1N2C(=O)OC(C)(C)C)(c1ccccc1)C(F)(F)F. The minimum absolute atomic E-state index is 0.234. The van der Waals surface area contributed by atoms with Gasteiger partial charge in [-0.15, -0.1) is 0 Å². The van der Waals surface area contributed by atoms with E-state index in [9.17, 15) is 22.8 Å². The standard InChI is InChI=1S/C21H26F3NO5/c1-19(2,3)30-18(27)25-14-10-11-15(25)16(12-14)29-17(26)20(28-4,21(22,23)24)13-8-6-5-7-9-13/h5-9,14-16H,10-12H2,1-4H3/t14-,15+,16-,20+/m0/s1. The minimum Gasteiger partial charge on any atom is -0.457 e. The van der Waals surface area contributed by atoms with Gasteiger partial charge in [0, 0.05) is 25.1 Å². The highest BCUT2D eigenvalue weighted by molar-refractivity contribution is 5.83. The maximum absolute atomic E-state index is 14.1. The van der Waals surface area contributed by atoms with Gasteiger partial charge in [-0.3, -0.25) is 4.90 Å². The molecule has 0 spiro atoms. The van der Waals surface area contributed by atoms with E-state index in [2.05, 4.69) is 0 Å². The summed E-state index contributed by atoms with van der Waals surface area (Å²) < 4.78 is 57.7. The van der Waals surface area contributed by atoms with E-state index in [-0.39, 0.29) is 18.0 Å². The van der Waals surface area contributed by atoms with Gasteiger partial charge in [0.1, 0.15) is 11.7 Å². The number of benzene rings is 1. The Bertz CT molecular complexity index is 792. The highest BCUT2D eigenvalue weighted by Gasteiger charge is 2.65. The Morgan fingerprint density at radius 2 is 1.70 bits per heavy atom. The number of amides is 1. The quantitative estimate of drug-likeness (QED) is 0.672. The number of halogens is 3. The smallest absolute Gasteiger partial charge is 0.432 e. The number of methoxy groups -OCH3 is 1. The van der Waals surface area contributed by atoms with Crippen LogP contribution in [0.2, 0.25) is 0 Å². The minimum atomic E-state index is -5.04. The first-order valence-electron chi connectivity index (χ1n) is 9.80. The van der Waals surface area contributed by atoms with E-state index in [1.807, 2.05) is 0 Å². The Balaban J connectivity index is 1.83. The number of hydrogen-bond acceptors (Lipinski definition) is 5. The number of esters is 1. The van der Waals surface area contributed by atoms with Crippen LogP contribution < -0.4 is 0 Å². The fourth-order valence-corrected chi connectivity index (χ4v) is 4.27. The van der Waals surface area contributed by atoms with Crippen molar-refractivity contribution < 1.29 is 37.0 Å². The molecule has 166 valence electrons. The maximum Gasteiger partial charge on any atom is 0.432 e. The monoisotopic (exact) mass is 429 g/mol. The molecule has 9 heteroatoms. The second-order valence-corrected chi connectivity index (χ2v) is 8.61. The molecule has 0 aliphatic carbocycles. The molecule has 3 rings (SSSR count). The molecular formula is C21H26F3NO5. The summed E-state index contributed by atoms with van der Waals surface area (Å²) in [4.78, 5) is 26.9. The van der Waals surface area contributed by atoms with E-state index in [1.54, 1.807) is 26.8 Å². The van der Waals surface area contributed by atoms with Crippen molar-refractivity contribution in [1.82, 2.24) is 4.90 Å². The summed E-state index contributed by atoms with van der Waals surface area (Å²) >= 11 is 0. The highest BCUT2D eigenvalue weighted by atomic mass is 19.4. The molecule has 0 N–H and O–H groups in total. The Hall–Kier alpha value is -2.29. The van der Waals surface area contributed by atoms with Crippen molar-refractivity contribution in [3.8, 4) is 0 Å². The number of ether oxygens (including phenoxy) is 3. The van der Waals surface area contributed by atoms with Crippen LogP contribution in [0.15, 0.2) is 30.3 Å². The van der Waals surface area contributed by atoms with Crippen LogP contribution in [0.25, 0.3) is 0 Å². The molecule has 6 nitrogen and oxygen atoms in total. The lowest BCUT2D eigenvalue weighted by Gasteiger charge is -2.34. The van der Waals surface area contributed by atoms with Gasteiger partial charge in [0.25, 0.3) is 5.60 Å². The molecule has 1 aromatic carbocycles. The number of rotatable bonds is 4. The molecule has 4 atom stereocenters. The summed E-state index contributed by atoms with van der Waals surface area (Å²) in [6.07, 6.45) is -4.97. The van der Waals surface area contributed by atoms with Crippen LogP contribution in [0.1, 0.15) is 45.6 Å². The lowest BCUT2D eigenvalue weighted by atomic mass is 9.92. The van der Waals surface area contributed by atoms with Gasteiger partial charge in [0.05, 0.1) is 6.04 Å². The van der Waals surface area contributed by atoms with Crippen LogP contribution in [-0.4, -0.2) is 54.0 Å². The van der Waals surface area contributed by atoms with Gasteiger partial charge in [-0.05, 0) is 33.6 Å². The maximum atomic E-state index is 14.1. The fraction of sp³-hybridized carbons (Fsp3) is 0.619. The van der Waals surface area contributed by atoms with E-state index in [1.165, 1.54) is 29.2 Å². The van der Waals surface area contributed by atoms with Crippen LogP contribution >= 0.6 is 0 Å². The molecule has 2 bridgehead atoms. The third kappa shape index (κ3) is 3.87. The molecule has 2 heterocycles. The number of alkyl halides is 3. The zero-order chi connectivity index (χ0) is 22.3. The summed E-state index contributed by atoms with van der Waals surface area (Å²) in [5, 5.41) is 0. The highest BCUT2D eigenvalue weighted by Crippen LogP contribution is 2.45. The van der Waals surface area contributed by atoms with Crippen LogP contribution in [0.3, 0.4) is 0 Å². The molecule has 2 fully saturated rings. The summed E-state index contributed by atoms with van der Waals surface area (Å²) in [5.74, 6) is -1.54. The molecule has 0 unspecified atom stereocenters. The van der Waals surface area contributed by atoms with Crippen LogP contribution in [0.5, 0.6) is 0 Å². The first-order valence-corrected chi connectivity index (χ1v) is 9.80. The second kappa shape index (κ2) is 7.76. The molecule has 2 aliphatic heterocycles. The average Bonchev–Trinajstić information content (AvgIpc) is 3.19. The van der Waals surface area contributed by atoms with E-state index in [4.69, 9.17) is 14.2 Å². The predicted molar refractivity (Wildman–Crippen MR) is 101 cm³/mol. The number of nitrogens with zero attached hydrogens (tertiary/aromatic N) is 1. The van der Waals surface area contributed by atoms with Crippen LogP contribution in [0, 0.1) is 0 Å². The van der Waals surface area contributed by atoms with Crippen molar-refractivity contribution in [1.29, 1.82) is 0 Å². The Morgan fingerprint density at radius 3 is 2.23 bits per heavy atom. The summed E-state index contributed by atoms with van der Waals surface area (Å²) in [6.45, 7) is 5.20. The Labute approximate surface area is 173 Å². The third-order valence-corrected chi connectivity index (χ3v) is 5.52. The van der Waals surface area contributed by atoms with Gasteiger partial charge in [0.15, 0.2) is 0 Å². The predicted octanol–water partition coefficient (Wildman–Crippen LogP) is 4.17. The fourth-order valence-electron chi connectivity index (χ4n) is 4.27. The van der Waals surface area contributed by atoms with Crippen molar-refractivity contribution in [3.05, 3.63) is 35.9 Å².